The highest BCUT2D eigenvalue weighted by molar-refractivity contribution is 5.75. The molecule has 0 saturated heterocycles. The summed E-state index contributed by atoms with van der Waals surface area (Å²) in [5, 5.41) is 19.0. The smallest absolute Gasteiger partial charge is 0.245 e. The van der Waals surface area contributed by atoms with Gasteiger partial charge in [-0.3, -0.25) is 14.9 Å². The molecule has 0 rings (SSSR count). The van der Waals surface area contributed by atoms with E-state index in [1.165, 1.54) is 13.8 Å². The quantitative estimate of drug-likeness (QED) is 0.464. The number of hydrogen-bond donors (Lipinski definition) is 1. The van der Waals surface area contributed by atoms with Crippen molar-refractivity contribution in [1.82, 2.24) is 0 Å². The van der Waals surface area contributed by atoms with Gasteiger partial charge in [-0.15, -0.1) is 0 Å². The highest BCUT2D eigenvalue weighted by Crippen LogP contribution is 2.03. The fourth-order valence-corrected chi connectivity index (χ4v) is 0.716. The number of carbonyl (C=O) groups excluding carboxylic acids is 1. The van der Waals surface area contributed by atoms with Gasteiger partial charge in [-0.1, -0.05) is 0 Å². The van der Waals surface area contributed by atoms with Crippen molar-refractivity contribution >= 4 is 5.78 Å². The highest BCUT2D eigenvalue weighted by Gasteiger charge is 2.27. The summed E-state index contributed by atoms with van der Waals surface area (Å²) in [7, 11) is 0. The molecule has 0 radical (unpaired) electrons. The summed E-state index contributed by atoms with van der Waals surface area (Å²) in [4.78, 5) is 20.0. The fraction of sp³-hybridized carbons (Fsp3) is 0.833. The number of Topliss-reactive ketones (excluding diaryl/α,β-unsaturated/α-hetero) is 1. The number of hydrogen-bond acceptors (Lipinski definition) is 4. The number of rotatable bonds is 4. The van der Waals surface area contributed by atoms with Crippen molar-refractivity contribution in [3.05, 3.63) is 10.1 Å². The molecule has 0 aromatic carbocycles. The Kier molecular flexibility index (Phi) is 3.67. The van der Waals surface area contributed by atoms with Crippen LogP contribution in [0.15, 0.2) is 0 Å². The van der Waals surface area contributed by atoms with Crippen LogP contribution in [0.25, 0.3) is 0 Å². The summed E-state index contributed by atoms with van der Waals surface area (Å²) in [5.74, 6) is -0.285. The first-order valence-corrected chi connectivity index (χ1v) is 3.26. The van der Waals surface area contributed by atoms with Gasteiger partial charge in [-0.25, -0.2) is 0 Å². The molecule has 2 unspecified atom stereocenters. The van der Waals surface area contributed by atoms with E-state index in [1.807, 2.05) is 0 Å². The minimum Gasteiger partial charge on any atom is -0.386 e. The topological polar surface area (TPSA) is 80.4 Å². The van der Waals surface area contributed by atoms with Crippen LogP contribution < -0.4 is 0 Å². The van der Waals surface area contributed by atoms with Crippen molar-refractivity contribution in [3.8, 4) is 0 Å². The zero-order valence-electron chi connectivity index (χ0n) is 6.48. The Hall–Kier alpha value is -0.970. The van der Waals surface area contributed by atoms with Crippen LogP contribution in [0.4, 0.5) is 0 Å². The molecule has 0 aliphatic rings. The minimum atomic E-state index is -1.16. The molecule has 0 aromatic rings. The van der Waals surface area contributed by atoms with E-state index >= 15 is 0 Å². The molecule has 0 fully saturated rings. The van der Waals surface area contributed by atoms with Gasteiger partial charge >= 0.3 is 0 Å². The normalized spacial score (nSPS) is 15.5. The number of carbonyl (C=O) groups is 1. The molecule has 0 aromatic heterocycles. The lowest BCUT2D eigenvalue weighted by Crippen LogP contribution is -2.33. The van der Waals surface area contributed by atoms with E-state index in [0.29, 0.717) is 0 Å². The number of aliphatic hydroxyl groups is 1. The largest absolute Gasteiger partial charge is 0.386 e. The Bertz CT molecular complexity index is 166. The number of ketones is 1. The molecular formula is C6H11NO4. The predicted molar refractivity (Wildman–Crippen MR) is 37.8 cm³/mol. The van der Waals surface area contributed by atoms with Crippen LogP contribution in [0.3, 0.4) is 0 Å². The second-order valence-corrected chi connectivity index (χ2v) is 2.50. The summed E-state index contributed by atoms with van der Waals surface area (Å²) in [6.07, 6.45) is -1.28. The van der Waals surface area contributed by atoms with Gasteiger partial charge in [-0.05, 0) is 13.8 Å². The lowest BCUT2D eigenvalue weighted by Gasteiger charge is -2.09. The van der Waals surface area contributed by atoms with E-state index in [-0.39, 0.29) is 12.2 Å². The van der Waals surface area contributed by atoms with Crippen molar-refractivity contribution in [2.75, 3.05) is 0 Å². The molecular weight excluding hydrogens is 150 g/mol. The molecule has 0 spiro atoms. The lowest BCUT2D eigenvalue weighted by atomic mass is 10.1. The van der Waals surface area contributed by atoms with E-state index in [1.54, 1.807) is 0 Å². The molecule has 64 valence electrons. The van der Waals surface area contributed by atoms with Crippen LogP contribution in [-0.4, -0.2) is 28.0 Å². The monoisotopic (exact) mass is 161 g/mol. The Morgan fingerprint density at radius 1 is 1.73 bits per heavy atom. The average molecular weight is 161 g/mol. The highest BCUT2D eigenvalue weighted by atomic mass is 16.6. The molecule has 0 aliphatic heterocycles. The molecule has 11 heavy (non-hydrogen) atoms. The number of nitro groups is 1. The molecule has 5 heteroatoms. The molecule has 0 amide bonds. The van der Waals surface area contributed by atoms with Crippen LogP contribution in [0.1, 0.15) is 20.3 Å². The third-order valence-electron chi connectivity index (χ3n) is 1.32. The van der Waals surface area contributed by atoms with Crippen LogP contribution >= 0.6 is 0 Å². The third kappa shape index (κ3) is 3.67. The average Bonchev–Trinajstić information content (AvgIpc) is 1.81. The Labute approximate surface area is 64.2 Å². The molecule has 2 atom stereocenters. The Balaban J connectivity index is 4.12. The molecule has 0 heterocycles. The summed E-state index contributed by atoms with van der Waals surface area (Å²) in [5.41, 5.74) is 0. The van der Waals surface area contributed by atoms with Crippen LogP contribution in [-0.2, 0) is 4.79 Å². The van der Waals surface area contributed by atoms with Gasteiger partial charge in [0.05, 0.1) is 6.42 Å². The van der Waals surface area contributed by atoms with Gasteiger partial charge in [0.25, 0.3) is 0 Å². The number of nitrogens with zero attached hydrogens (tertiary/aromatic N) is 1. The van der Waals surface area contributed by atoms with Gasteiger partial charge < -0.3 is 5.11 Å². The van der Waals surface area contributed by atoms with E-state index < -0.39 is 17.1 Å². The first-order valence-electron chi connectivity index (χ1n) is 3.26. The van der Waals surface area contributed by atoms with Gasteiger partial charge in [-0.2, -0.15) is 0 Å². The van der Waals surface area contributed by atoms with Gasteiger partial charge in [0, 0.05) is 4.92 Å². The summed E-state index contributed by atoms with van der Waals surface area (Å²) in [6.45, 7) is 2.56. The number of aliphatic hydroxyl groups excluding tert-OH is 1. The van der Waals surface area contributed by atoms with Crippen molar-refractivity contribution in [2.24, 2.45) is 0 Å². The Morgan fingerprint density at radius 2 is 2.18 bits per heavy atom. The first kappa shape index (κ1) is 10.0. The van der Waals surface area contributed by atoms with E-state index in [4.69, 9.17) is 5.11 Å². The molecule has 0 bridgehead atoms. The Morgan fingerprint density at radius 3 is 2.27 bits per heavy atom. The maximum Gasteiger partial charge on any atom is 0.245 e. The second kappa shape index (κ2) is 4.02. The van der Waals surface area contributed by atoms with Crippen molar-refractivity contribution in [2.45, 2.75) is 32.4 Å². The van der Waals surface area contributed by atoms with Gasteiger partial charge in [0.15, 0.2) is 0 Å². The second-order valence-electron chi connectivity index (χ2n) is 2.50. The van der Waals surface area contributed by atoms with Crippen molar-refractivity contribution in [1.29, 1.82) is 0 Å². The van der Waals surface area contributed by atoms with Crippen molar-refractivity contribution in [3.63, 3.8) is 0 Å². The van der Waals surface area contributed by atoms with Crippen LogP contribution in [0, 0.1) is 10.1 Å². The molecule has 0 saturated carbocycles. The first-order chi connectivity index (χ1) is 4.95. The summed E-state index contributed by atoms with van der Waals surface area (Å²) >= 11 is 0. The summed E-state index contributed by atoms with van der Waals surface area (Å²) < 4.78 is 0. The van der Waals surface area contributed by atoms with Crippen LogP contribution in [0.5, 0.6) is 0 Å². The third-order valence-corrected chi connectivity index (χ3v) is 1.32. The SMILES string of the molecule is CC(=O)CC(C(C)O)[N+](=O)[O-]. The van der Waals surface area contributed by atoms with E-state index in [0.717, 1.165) is 0 Å². The van der Waals surface area contributed by atoms with Crippen LogP contribution in [0.2, 0.25) is 0 Å². The molecule has 1 N–H and O–H groups in total. The fourth-order valence-electron chi connectivity index (χ4n) is 0.716. The molecule has 5 nitrogen and oxygen atoms in total. The lowest BCUT2D eigenvalue weighted by molar-refractivity contribution is -0.532. The van der Waals surface area contributed by atoms with Crippen molar-refractivity contribution < 1.29 is 14.8 Å². The maximum absolute atomic E-state index is 10.4. The van der Waals surface area contributed by atoms with Gasteiger partial charge in [0.1, 0.15) is 11.9 Å². The van der Waals surface area contributed by atoms with E-state index in [2.05, 4.69) is 0 Å². The molecule has 0 aliphatic carbocycles. The maximum atomic E-state index is 10.4. The predicted octanol–water partition coefficient (Wildman–Crippen LogP) is -0.00840. The zero-order valence-corrected chi connectivity index (χ0v) is 6.48. The summed E-state index contributed by atoms with van der Waals surface area (Å²) in [6, 6.07) is -1.16. The zero-order chi connectivity index (χ0) is 9.02. The van der Waals surface area contributed by atoms with Gasteiger partial charge in [0.2, 0.25) is 6.04 Å². The van der Waals surface area contributed by atoms with E-state index in [9.17, 15) is 14.9 Å². The minimum absolute atomic E-state index is 0.204. The standard InChI is InChI=1S/C6H11NO4/c1-4(8)3-6(5(2)9)7(10)11/h5-6,9H,3H2,1-2H3.